The third kappa shape index (κ3) is 5.10. The average molecular weight is 438 g/mol. The van der Waals surface area contributed by atoms with Crippen LogP contribution in [-0.2, 0) is 11.2 Å². The Labute approximate surface area is 187 Å². The van der Waals surface area contributed by atoms with E-state index in [1.165, 1.54) is 12.1 Å². The van der Waals surface area contributed by atoms with Gasteiger partial charge in [0.25, 0.3) is 5.91 Å². The summed E-state index contributed by atoms with van der Waals surface area (Å²) in [5.74, 6) is 1.97. The van der Waals surface area contributed by atoms with Crippen LogP contribution in [0.15, 0.2) is 53.1 Å². The summed E-state index contributed by atoms with van der Waals surface area (Å²) in [6.45, 7) is 2.52. The number of carbonyl (C=O) groups excluding carboxylic acids is 1. The predicted octanol–water partition coefficient (Wildman–Crippen LogP) is 4.85. The Bertz CT molecular complexity index is 1060. The Morgan fingerprint density at radius 1 is 1.19 bits per heavy atom. The molecule has 1 aliphatic heterocycles. The first kappa shape index (κ1) is 21.9. The number of aromatic nitrogens is 1. The molecule has 1 saturated heterocycles. The van der Waals surface area contributed by atoms with E-state index < -0.39 is 0 Å². The van der Waals surface area contributed by atoms with E-state index in [1.54, 1.807) is 30.3 Å². The quantitative estimate of drug-likeness (QED) is 0.527. The third-order valence-corrected chi connectivity index (χ3v) is 5.64. The standard InChI is InChI=1S/C25H27FN2O4/c1-17-6-11-22(23(13-17)30-2)31-16-24(29)28-12-4-3-5-21(28)25-27-15-20(32-25)14-18-7-9-19(26)10-8-18/h6-11,13,15,21H,3-5,12,14,16H2,1-2H3/t21-/m0/s1. The topological polar surface area (TPSA) is 64.8 Å². The van der Waals surface area contributed by atoms with E-state index in [-0.39, 0.29) is 24.4 Å². The molecular weight excluding hydrogens is 411 g/mol. The lowest BCUT2D eigenvalue weighted by Crippen LogP contribution is -2.41. The molecule has 0 spiro atoms. The molecule has 6 nitrogen and oxygen atoms in total. The molecule has 0 N–H and O–H groups in total. The van der Waals surface area contributed by atoms with Gasteiger partial charge in [0, 0.05) is 13.0 Å². The largest absolute Gasteiger partial charge is 0.493 e. The van der Waals surface area contributed by atoms with Crippen LogP contribution in [-0.4, -0.2) is 36.1 Å². The normalized spacial score (nSPS) is 16.1. The molecule has 168 valence electrons. The van der Waals surface area contributed by atoms with Crippen molar-refractivity contribution in [1.29, 1.82) is 0 Å². The van der Waals surface area contributed by atoms with Crippen molar-refractivity contribution in [2.75, 3.05) is 20.3 Å². The number of hydrogen-bond donors (Lipinski definition) is 0. The molecule has 0 aliphatic carbocycles. The molecule has 1 fully saturated rings. The van der Waals surface area contributed by atoms with Crippen LogP contribution in [0.3, 0.4) is 0 Å². The van der Waals surface area contributed by atoms with Gasteiger partial charge in [-0.25, -0.2) is 9.37 Å². The van der Waals surface area contributed by atoms with Gasteiger partial charge in [-0.05, 0) is 61.6 Å². The number of oxazole rings is 1. The minimum Gasteiger partial charge on any atom is -0.493 e. The van der Waals surface area contributed by atoms with Gasteiger partial charge in [0.1, 0.15) is 17.6 Å². The number of carbonyl (C=O) groups is 1. The summed E-state index contributed by atoms with van der Waals surface area (Å²) in [7, 11) is 1.58. The first-order chi connectivity index (χ1) is 15.5. The molecule has 1 amide bonds. The van der Waals surface area contributed by atoms with Gasteiger partial charge < -0.3 is 18.8 Å². The predicted molar refractivity (Wildman–Crippen MR) is 117 cm³/mol. The van der Waals surface area contributed by atoms with Crippen molar-refractivity contribution in [2.24, 2.45) is 0 Å². The molecule has 7 heteroatoms. The molecule has 2 heterocycles. The zero-order valence-corrected chi connectivity index (χ0v) is 18.3. The maximum absolute atomic E-state index is 13.1. The van der Waals surface area contributed by atoms with Gasteiger partial charge >= 0.3 is 0 Å². The van der Waals surface area contributed by atoms with Crippen LogP contribution in [0.4, 0.5) is 4.39 Å². The summed E-state index contributed by atoms with van der Waals surface area (Å²) < 4.78 is 30.3. The Morgan fingerprint density at radius 2 is 2.00 bits per heavy atom. The van der Waals surface area contributed by atoms with Gasteiger partial charge in [-0.15, -0.1) is 0 Å². The van der Waals surface area contributed by atoms with Gasteiger partial charge in [-0.1, -0.05) is 18.2 Å². The second kappa shape index (κ2) is 9.85. The molecule has 4 rings (SSSR count). The number of nitrogens with zero attached hydrogens (tertiary/aromatic N) is 2. The number of likely N-dealkylation sites (tertiary alicyclic amines) is 1. The number of methoxy groups -OCH3 is 1. The molecular formula is C25H27FN2O4. The Balaban J connectivity index is 1.43. The minimum atomic E-state index is -0.270. The van der Waals surface area contributed by atoms with E-state index in [4.69, 9.17) is 13.9 Å². The maximum atomic E-state index is 13.1. The van der Waals surface area contributed by atoms with Gasteiger partial charge in [0.05, 0.1) is 13.3 Å². The minimum absolute atomic E-state index is 0.0843. The van der Waals surface area contributed by atoms with E-state index >= 15 is 0 Å². The van der Waals surface area contributed by atoms with Crippen LogP contribution < -0.4 is 9.47 Å². The highest BCUT2D eigenvalue weighted by molar-refractivity contribution is 5.78. The highest BCUT2D eigenvalue weighted by atomic mass is 19.1. The van der Waals surface area contributed by atoms with Crippen molar-refractivity contribution in [3.05, 3.63) is 77.3 Å². The van der Waals surface area contributed by atoms with Crippen molar-refractivity contribution in [3.8, 4) is 11.5 Å². The average Bonchev–Trinajstić information content (AvgIpc) is 3.27. The number of ether oxygens (including phenoxy) is 2. The maximum Gasteiger partial charge on any atom is 0.261 e. The molecule has 1 aliphatic rings. The summed E-state index contributed by atoms with van der Waals surface area (Å²) in [5, 5.41) is 0. The molecule has 0 unspecified atom stereocenters. The number of rotatable bonds is 7. The molecule has 0 saturated carbocycles. The van der Waals surface area contributed by atoms with Crippen molar-refractivity contribution in [3.63, 3.8) is 0 Å². The number of benzene rings is 2. The van der Waals surface area contributed by atoms with Crippen molar-refractivity contribution in [1.82, 2.24) is 9.88 Å². The summed E-state index contributed by atoms with van der Waals surface area (Å²) in [6.07, 6.45) is 4.92. The molecule has 32 heavy (non-hydrogen) atoms. The molecule has 1 atom stereocenters. The van der Waals surface area contributed by atoms with Crippen molar-refractivity contribution in [2.45, 2.75) is 38.6 Å². The summed E-state index contributed by atoms with van der Waals surface area (Å²) >= 11 is 0. The Morgan fingerprint density at radius 3 is 2.78 bits per heavy atom. The molecule has 2 aromatic carbocycles. The lowest BCUT2D eigenvalue weighted by Gasteiger charge is -2.33. The first-order valence-electron chi connectivity index (χ1n) is 10.8. The van der Waals surface area contributed by atoms with Crippen LogP contribution >= 0.6 is 0 Å². The second-order valence-corrected chi connectivity index (χ2v) is 8.01. The van der Waals surface area contributed by atoms with Gasteiger partial charge in [0.2, 0.25) is 5.89 Å². The van der Waals surface area contributed by atoms with E-state index in [2.05, 4.69) is 4.98 Å². The lowest BCUT2D eigenvalue weighted by atomic mass is 10.0. The Hall–Kier alpha value is -3.35. The monoisotopic (exact) mass is 438 g/mol. The zero-order valence-electron chi connectivity index (χ0n) is 18.3. The number of amides is 1. The van der Waals surface area contributed by atoms with E-state index in [1.807, 2.05) is 25.1 Å². The summed E-state index contributed by atoms with van der Waals surface area (Å²) in [4.78, 5) is 19.2. The Kier molecular flexibility index (Phi) is 6.73. The first-order valence-corrected chi connectivity index (χ1v) is 10.8. The van der Waals surface area contributed by atoms with Crippen LogP contribution in [0.2, 0.25) is 0 Å². The smallest absolute Gasteiger partial charge is 0.261 e. The van der Waals surface area contributed by atoms with Crippen molar-refractivity contribution < 1.29 is 23.1 Å². The molecule has 3 aromatic rings. The van der Waals surface area contributed by atoms with Crippen molar-refractivity contribution >= 4 is 5.91 Å². The highest BCUT2D eigenvalue weighted by Crippen LogP contribution is 2.32. The fraction of sp³-hybridized carbons (Fsp3) is 0.360. The summed E-state index contributed by atoms with van der Waals surface area (Å²) in [6, 6.07) is 11.7. The van der Waals surface area contributed by atoms with E-state index in [0.29, 0.717) is 36.1 Å². The fourth-order valence-electron chi connectivity index (χ4n) is 3.97. The fourth-order valence-corrected chi connectivity index (χ4v) is 3.97. The van der Waals surface area contributed by atoms with Gasteiger partial charge in [0.15, 0.2) is 18.1 Å². The summed E-state index contributed by atoms with van der Waals surface area (Å²) in [5.41, 5.74) is 1.99. The SMILES string of the molecule is COc1cc(C)ccc1OCC(=O)N1CCCC[C@H]1c1ncc(Cc2ccc(F)cc2)o1. The second-order valence-electron chi connectivity index (χ2n) is 8.01. The number of aryl methyl sites for hydroxylation is 1. The van der Waals surface area contributed by atoms with E-state index in [0.717, 1.165) is 30.4 Å². The molecule has 0 bridgehead atoms. The molecule has 1 aromatic heterocycles. The van der Waals surface area contributed by atoms with Crippen LogP contribution in [0.5, 0.6) is 11.5 Å². The number of piperidine rings is 1. The lowest BCUT2D eigenvalue weighted by molar-refractivity contribution is -0.137. The third-order valence-electron chi connectivity index (χ3n) is 5.64. The number of halogens is 1. The van der Waals surface area contributed by atoms with Crippen LogP contribution in [0.25, 0.3) is 0 Å². The van der Waals surface area contributed by atoms with Crippen LogP contribution in [0, 0.1) is 12.7 Å². The van der Waals surface area contributed by atoms with Crippen LogP contribution in [0.1, 0.15) is 48.1 Å². The number of hydrogen-bond acceptors (Lipinski definition) is 5. The van der Waals surface area contributed by atoms with Gasteiger partial charge in [-0.3, -0.25) is 4.79 Å². The highest BCUT2D eigenvalue weighted by Gasteiger charge is 2.31. The van der Waals surface area contributed by atoms with Gasteiger partial charge in [-0.2, -0.15) is 0 Å². The van der Waals surface area contributed by atoms with E-state index in [9.17, 15) is 9.18 Å². The zero-order chi connectivity index (χ0) is 22.5. The molecule has 0 radical (unpaired) electrons.